The maximum Gasteiger partial charge on any atom is 0.306 e. The van der Waals surface area contributed by atoms with Crippen molar-refractivity contribution in [1.29, 1.82) is 0 Å². The first kappa shape index (κ1) is 54.8. The smallest absolute Gasteiger partial charge is 0.306 e. The Morgan fingerprint density at radius 2 is 0.789 bits per heavy atom. The molecule has 0 amide bonds. The van der Waals surface area contributed by atoms with Crippen molar-refractivity contribution in [1.82, 2.24) is 0 Å². The van der Waals surface area contributed by atoms with E-state index in [0.717, 1.165) is 64.2 Å². The Morgan fingerprint density at radius 1 is 0.439 bits per heavy atom. The van der Waals surface area contributed by atoms with E-state index in [1.165, 1.54) is 148 Å². The monoisotopic (exact) mass is 795 g/mol. The van der Waals surface area contributed by atoms with Gasteiger partial charge in [-0.1, -0.05) is 215 Å². The molecule has 0 radical (unpaired) electrons. The molecule has 0 saturated carbocycles. The van der Waals surface area contributed by atoms with Gasteiger partial charge in [0.1, 0.15) is 6.10 Å². The number of hydrogen-bond donors (Lipinski definition) is 1. The molecule has 0 spiro atoms. The normalized spacial score (nSPS) is 13.0. The number of aliphatic hydroxyl groups is 1. The summed E-state index contributed by atoms with van der Waals surface area (Å²) in [5, 5.41) is 9.64. The molecule has 1 N–H and O–H groups in total. The summed E-state index contributed by atoms with van der Waals surface area (Å²) in [5.41, 5.74) is 0. The van der Waals surface area contributed by atoms with Crippen molar-refractivity contribution in [3.8, 4) is 0 Å². The van der Waals surface area contributed by atoms with Crippen LogP contribution >= 0.6 is 0 Å². The summed E-state index contributed by atoms with van der Waals surface area (Å²) in [7, 11) is 0. The average Bonchev–Trinajstić information content (AvgIpc) is 3.22. The van der Waals surface area contributed by atoms with Gasteiger partial charge in [-0.05, 0) is 83.5 Å². The molecule has 0 aliphatic heterocycles. The molecule has 0 rings (SSSR count). The fraction of sp³-hybridized carbons (Fsp3) is 0.755. The Morgan fingerprint density at radius 3 is 1.19 bits per heavy atom. The summed E-state index contributed by atoms with van der Waals surface area (Å²) >= 11 is 0. The fourth-order valence-corrected chi connectivity index (χ4v) is 6.88. The van der Waals surface area contributed by atoms with Gasteiger partial charge in [0.2, 0.25) is 0 Å². The van der Waals surface area contributed by atoms with Crippen molar-refractivity contribution < 1.29 is 19.4 Å². The Balaban J connectivity index is 3.43. The van der Waals surface area contributed by atoms with Crippen LogP contribution in [-0.2, 0) is 14.3 Å². The minimum absolute atomic E-state index is 0.180. The van der Waals surface area contributed by atoms with Gasteiger partial charge in [0.15, 0.2) is 0 Å². The molecule has 0 saturated heterocycles. The van der Waals surface area contributed by atoms with Crippen LogP contribution < -0.4 is 0 Å². The second-order valence-electron chi connectivity index (χ2n) is 16.2. The van der Waals surface area contributed by atoms with Gasteiger partial charge in [-0.15, -0.1) is 0 Å². The highest BCUT2D eigenvalue weighted by Crippen LogP contribution is 2.15. The molecule has 1 unspecified atom stereocenters. The number of allylic oxidation sites excluding steroid dienone is 12. The molecule has 4 nitrogen and oxygen atoms in total. The van der Waals surface area contributed by atoms with Crippen molar-refractivity contribution in [2.24, 2.45) is 0 Å². The van der Waals surface area contributed by atoms with Crippen LogP contribution in [0.3, 0.4) is 0 Å². The molecule has 0 aromatic heterocycles. The molecule has 0 fully saturated rings. The molecule has 0 aliphatic carbocycles. The van der Waals surface area contributed by atoms with E-state index in [0.29, 0.717) is 13.0 Å². The van der Waals surface area contributed by atoms with E-state index in [2.05, 4.69) is 86.8 Å². The summed E-state index contributed by atoms with van der Waals surface area (Å²) in [4.78, 5) is 12.2. The average molecular weight is 795 g/mol. The molecule has 330 valence electrons. The number of esters is 1. The molecule has 4 heteroatoms. The van der Waals surface area contributed by atoms with Gasteiger partial charge in [0.05, 0.1) is 13.2 Å². The molecular formula is C53H94O4. The lowest BCUT2D eigenvalue weighted by Crippen LogP contribution is -2.27. The molecule has 57 heavy (non-hydrogen) atoms. The lowest BCUT2D eigenvalue weighted by Gasteiger charge is -2.16. The zero-order chi connectivity index (χ0) is 41.2. The topological polar surface area (TPSA) is 55.8 Å². The van der Waals surface area contributed by atoms with Crippen LogP contribution in [0.4, 0.5) is 0 Å². The molecule has 0 aromatic carbocycles. The number of rotatable bonds is 45. The van der Waals surface area contributed by atoms with Crippen molar-refractivity contribution in [3.05, 3.63) is 72.9 Å². The van der Waals surface area contributed by atoms with Gasteiger partial charge < -0.3 is 14.6 Å². The second-order valence-corrected chi connectivity index (χ2v) is 16.2. The first-order valence-corrected chi connectivity index (χ1v) is 24.5. The van der Waals surface area contributed by atoms with Gasteiger partial charge >= 0.3 is 5.97 Å². The number of ether oxygens (including phenoxy) is 2. The van der Waals surface area contributed by atoms with Crippen LogP contribution in [-0.4, -0.2) is 37.0 Å². The maximum absolute atomic E-state index is 12.2. The Bertz CT molecular complexity index is 973. The zero-order valence-electron chi connectivity index (χ0n) is 37.8. The Hall–Kier alpha value is -2.17. The zero-order valence-corrected chi connectivity index (χ0v) is 37.8. The van der Waals surface area contributed by atoms with E-state index < -0.39 is 6.10 Å². The van der Waals surface area contributed by atoms with Crippen LogP contribution in [0.5, 0.6) is 0 Å². The lowest BCUT2D eigenvalue weighted by molar-refractivity contribution is -0.154. The summed E-state index contributed by atoms with van der Waals surface area (Å²) in [6.45, 7) is 5.22. The predicted octanol–water partition coefficient (Wildman–Crippen LogP) is 16.5. The van der Waals surface area contributed by atoms with Crippen LogP contribution in [0, 0.1) is 0 Å². The van der Waals surface area contributed by atoms with Crippen LogP contribution in [0.2, 0.25) is 0 Å². The van der Waals surface area contributed by atoms with E-state index >= 15 is 0 Å². The fourth-order valence-electron chi connectivity index (χ4n) is 6.88. The van der Waals surface area contributed by atoms with Crippen LogP contribution in [0.1, 0.15) is 232 Å². The Kier molecular flexibility index (Phi) is 48.1. The third kappa shape index (κ3) is 48.1. The molecule has 1 atom stereocenters. The number of carbonyl (C=O) groups is 1. The molecule has 0 heterocycles. The minimum Gasteiger partial charge on any atom is -0.457 e. The largest absolute Gasteiger partial charge is 0.457 e. The van der Waals surface area contributed by atoms with Crippen LogP contribution in [0.25, 0.3) is 0 Å². The SMILES string of the molecule is CC/C=C\C/C=C\C/C=C\C/C=C\CCCCCCCCC(=O)OC(CO)COCCCCCCCCCCCCCCCC/C=C\C/C=C\CCCCCCC. The first-order chi connectivity index (χ1) is 28.2. The standard InChI is InChI=1S/C53H94O4/c1-3-5-7-9-11-13-15-17-19-21-23-24-25-26-27-28-29-31-33-35-37-39-41-43-45-47-49-56-51-52(50-54)57-53(55)48-46-44-42-40-38-36-34-32-30-22-20-18-16-14-12-10-8-6-4-2/h6,8,12,14-15,17-18,20-21,23,30,32,52,54H,3-5,7,9-11,13,16,19,22,24-29,31,33-51H2,1-2H3/b8-6-,14-12-,17-15-,20-18-,23-21-,32-30-. The summed E-state index contributed by atoms with van der Waals surface area (Å²) in [6.07, 6.45) is 68.4. The number of aliphatic hydroxyl groups excluding tert-OH is 1. The van der Waals surface area contributed by atoms with Crippen LogP contribution in [0.15, 0.2) is 72.9 Å². The summed E-state index contributed by atoms with van der Waals surface area (Å²) in [5.74, 6) is -0.214. The molecular weight excluding hydrogens is 701 g/mol. The number of carbonyl (C=O) groups excluding carboxylic acids is 1. The highest BCUT2D eigenvalue weighted by molar-refractivity contribution is 5.69. The Labute approximate surface area is 355 Å². The van der Waals surface area contributed by atoms with Gasteiger partial charge in [-0.25, -0.2) is 0 Å². The second kappa shape index (κ2) is 50.0. The van der Waals surface area contributed by atoms with Crippen molar-refractivity contribution in [3.63, 3.8) is 0 Å². The van der Waals surface area contributed by atoms with Gasteiger partial charge in [-0.3, -0.25) is 4.79 Å². The highest BCUT2D eigenvalue weighted by Gasteiger charge is 2.13. The number of unbranched alkanes of at least 4 members (excludes halogenated alkanes) is 25. The highest BCUT2D eigenvalue weighted by atomic mass is 16.6. The van der Waals surface area contributed by atoms with E-state index in [1.807, 2.05) is 0 Å². The first-order valence-electron chi connectivity index (χ1n) is 24.5. The van der Waals surface area contributed by atoms with Crippen molar-refractivity contribution in [2.75, 3.05) is 19.8 Å². The maximum atomic E-state index is 12.2. The summed E-state index contributed by atoms with van der Waals surface area (Å²) in [6, 6.07) is 0. The molecule has 0 aromatic rings. The minimum atomic E-state index is -0.546. The quantitative estimate of drug-likeness (QED) is 0.0379. The molecule has 0 aliphatic rings. The summed E-state index contributed by atoms with van der Waals surface area (Å²) < 4.78 is 11.2. The predicted molar refractivity (Wildman–Crippen MR) is 251 cm³/mol. The van der Waals surface area contributed by atoms with Gasteiger partial charge in [0, 0.05) is 13.0 Å². The van der Waals surface area contributed by atoms with Crippen molar-refractivity contribution in [2.45, 2.75) is 238 Å². The van der Waals surface area contributed by atoms with E-state index in [1.54, 1.807) is 0 Å². The van der Waals surface area contributed by atoms with E-state index in [-0.39, 0.29) is 19.2 Å². The van der Waals surface area contributed by atoms with E-state index in [9.17, 15) is 9.90 Å². The number of hydrogen-bond acceptors (Lipinski definition) is 4. The molecule has 0 bridgehead atoms. The lowest BCUT2D eigenvalue weighted by atomic mass is 10.0. The van der Waals surface area contributed by atoms with Gasteiger partial charge in [-0.2, -0.15) is 0 Å². The van der Waals surface area contributed by atoms with E-state index in [4.69, 9.17) is 9.47 Å². The third-order valence-electron chi connectivity index (χ3n) is 10.5. The third-order valence-corrected chi connectivity index (χ3v) is 10.5. The van der Waals surface area contributed by atoms with Crippen molar-refractivity contribution >= 4 is 5.97 Å². The van der Waals surface area contributed by atoms with Gasteiger partial charge in [0.25, 0.3) is 0 Å².